The number of imidazole rings is 1. The number of aromatic amines is 1. The van der Waals surface area contributed by atoms with Crippen LogP contribution in [0, 0.1) is 10.1 Å². The van der Waals surface area contributed by atoms with E-state index in [1.165, 1.54) is 12.4 Å². The molecule has 0 fully saturated rings. The number of benzene rings is 1. The Hall–Kier alpha value is -1.33. The third-order valence-corrected chi connectivity index (χ3v) is 1.63. The predicted octanol–water partition coefficient (Wildman–Crippen LogP) is 2.31. The summed E-state index contributed by atoms with van der Waals surface area (Å²) in [6.07, 6.45) is 1.44. The topological polar surface area (TPSA) is 71.8 Å². The molecule has 0 aliphatic rings. The predicted molar refractivity (Wildman–Crippen MR) is 57.2 cm³/mol. The maximum Gasteiger partial charge on any atom is 0.297 e. The number of nitro benzene ring substituents is 1. The van der Waals surface area contributed by atoms with E-state index in [4.69, 9.17) is 0 Å². The lowest BCUT2D eigenvalue weighted by Gasteiger charge is -1.90. The molecule has 1 heterocycles. The van der Waals surface area contributed by atoms with E-state index in [-0.39, 0.29) is 30.5 Å². The van der Waals surface area contributed by atoms with E-state index in [1.54, 1.807) is 12.1 Å². The minimum Gasteiger partial charge on any atom is -0.344 e. The van der Waals surface area contributed by atoms with Gasteiger partial charge in [0.25, 0.3) is 5.69 Å². The van der Waals surface area contributed by atoms with Gasteiger partial charge in [0.15, 0.2) is 5.52 Å². The summed E-state index contributed by atoms with van der Waals surface area (Å²) in [5.41, 5.74) is 1.13. The third kappa shape index (κ3) is 1.94. The zero-order valence-corrected chi connectivity index (χ0v) is 8.47. The fourth-order valence-corrected chi connectivity index (χ4v) is 1.10. The van der Waals surface area contributed by atoms with Crippen LogP contribution in [-0.2, 0) is 0 Å². The Morgan fingerprint density at radius 2 is 2.07 bits per heavy atom. The molecule has 0 aliphatic carbocycles. The van der Waals surface area contributed by atoms with Crippen molar-refractivity contribution >= 4 is 41.5 Å². The van der Waals surface area contributed by atoms with E-state index in [2.05, 4.69) is 9.97 Å². The van der Waals surface area contributed by atoms with E-state index in [0.29, 0.717) is 11.0 Å². The fraction of sp³-hybridized carbons (Fsp3) is 0. The number of hydrogen-bond donors (Lipinski definition) is 1. The largest absolute Gasteiger partial charge is 0.344 e. The highest BCUT2D eigenvalue weighted by Crippen LogP contribution is 2.21. The molecular formula is C7H7Cl2N3O2. The van der Waals surface area contributed by atoms with Crippen LogP contribution in [0.1, 0.15) is 0 Å². The zero-order valence-electron chi connectivity index (χ0n) is 6.84. The Kier molecular flexibility index (Phi) is 4.33. The van der Waals surface area contributed by atoms with Crippen molar-refractivity contribution < 1.29 is 4.92 Å². The van der Waals surface area contributed by atoms with Crippen LogP contribution in [0.4, 0.5) is 5.69 Å². The van der Waals surface area contributed by atoms with Crippen molar-refractivity contribution in [2.24, 2.45) is 0 Å². The summed E-state index contributed by atoms with van der Waals surface area (Å²) in [7, 11) is 0. The first kappa shape index (κ1) is 12.7. The van der Waals surface area contributed by atoms with Gasteiger partial charge >= 0.3 is 0 Å². The molecule has 14 heavy (non-hydrogen) atoms. The second kappa shape index (κ2) is 4.78. The second-order valence-corrected chi connectivity index (χ2v) is 2.33. The summed E-state index contributed by atoms with van der Waals surface area (Å²) in [6, 6.07) is 4.80. The molecular weight excluding hydrogens is 229 g/mol. The van der Waals surface area contributed by atoms with Crippen LogP contribution in [-0.4, -0.2) is 14.9 Å². The lowest BCUT2D eigenvalue weighted by molar-refractivity contribution is -0.383. The van der Waals surface area contributed by atoms with Gasteiger partial charge in [0.1, 0.15) is 0 Å². The number of fused-ring (bicyclic) bond motifs is 1. The average molecular weight is 236 g/mol. The van der Waals surface area contributed by atoms with E-state index < -0.39 is 4.92 Å². The molecule has 0 bridgehead atoms. The molecule has 1 aromatic carbocycles. The first-order valence-corrected chi connectivity index (χ1v) is 3.35. The minimum absolute atomic E-state index is 0. The molecule has 0 radical (unpaired) electrons. The van der Waals surface area contributed by atoms with Gasteiger partial charge in [-0.15, -0.1) is 24.8 Å². The average Bonchev–Trinajstić information content (AvgIpc) is 2.49. The molecule has 2 aromatic rings. The van der Waals surface area contributed by atoms with Gasteiger partial charge in [-0.05, 0) is 6.07 Å². The molecule has 76 valence electrons. The number of nitrogens with one attached hydrogen (secondary N) is 1. The van der Waals surface area contributed by atoms with Crippen LogP contribution >= 0.6 is 24.8 Å². The van der Waals surface area contributed by atoms with E-state index in [9.17, 15) is 10.1 Å². The molecule has 0 spiro atoms. The van der Waals surface area contributed by atoms with Crippen molar-refractivity contribution in [3.8, 4) is 0 Å². The van der Waals surface area contributed by atoms with Gasteiger partial charge in [0.05, 0.1) is 16.8 Å². The molecule has 0 amide bonds. The highest BCUT2D eigenvalue weighted by atomic mass is 35.5. The summed E-state index contributed by atoms with van der Waals surface area (Å²) in [4.78, 5) is 16.7. The Morgan fingerprint density at radius 1 is 1.36 bits per heavy atom. The van der Waals surface area contributed by atoms with Gasteiger partial charge in [-0.25, -0.2) is 4.98 Å². The molecule has 0 atom stereocenters. The van der Waals surface area contributed by atoms with E-state index >= 15 is 0 Å². The quantitative estimate of drug-likeness (QED) is 0.609. The molecule has 1 aromatic heterocycles. The number of aromatic nitrogens is 2. The zero-order chi connectivity index (χ0) is 8.55. The highest BCUT2D eigenvalue weighted by Gasteiger charge is 2.11. The van der Waals surface area contributed by atoms with Gasteiger partial charge in [-0.2, -0.15) is 0 Å². The lowest BCUT2D eigenvalue weighted by atomic mass is 10.3. The minimum atomic E-state index is -0.441. The van der Waals surface area contributed by atoms with Gasteiger partial charge < -0.3 is 4.98 Å². The number of non-ortho nitro benzene ring substituents is 1. The Balaban J connectivity index is 0.000000845. The first-order chi connectivity index (χ1) is 5.79. The van der Waals surface area contributed by atoms with Crippen molar-refractivity contribution in [3.05, 3.63) is 34.6 Å². The van der Waals surface area contributed by atoms with Gasteiger partial charge in [0, 0.05) is 6.07 Å². The Bertz CT molecular complexity index is 443. The molecule has 0 saturated heterocycles. The van der Waals surface area contributed by atoms with Crippen LogP contribution in [0.15, 0.2) is 24.5 Å². The fourth-order valence-electron chi connectivity index (χ4n) is 1.10. The van der Waals surface area contributed by atoms with Crippen LogP contribution < -0.4 is 0 Å². The number of halogens is 2. The number of H-pyrrole nitrogens is 1. The third-order valence-electron chi connectivity index (χ3n) is 1.63. The maximum atomic E-state index is 10.5. The van der Waals surface area contributed by atoms with Crippen molar-refractivity contribution in [1.82, 2.24) is 9.97 Å². The molecule has 5 nitrogen and oxygen atoms in total. The number of nitro groups is 1. The summed E-state index contributed by atoms with van der Waals surface area (Å²) >= 11 is 0. The van der Waals surface area contributed by atoms with E-state index in [1.807, 2.05) is 0 Å². The Labute approximate surface area is 91.5 Å². The summed E-state index contributed by atoms with van der Waals surface area (Å²) in [6.45, 7) is 0. The first-order valence-electron chi connectivity index (χ1n) is 3.35. The summed E-state index contributed by atoms with van der Waals surface area (Å²) in [5.74, 6) is 0. The lowest BCUT2D eigenvalue weighted by Crippen LogP contribution is -1.88. The number of hydrogen-bond acceptors (Lipinski definition) is 3. The molecule has 2 rings (SSSR count). The van der Waals surface area contributed by atoms with Crippen molar-refractivity contribution in [3.63, 3.8) is 0 Å². The van der Waals surface area contributed by atoms with Crippen LogP contribution in [0.2, 0.25) is 0 Å². The highest BCUT2D eigenvalue weighted by molar-refractivity contribution is 5.85. The van der Waals surface area contributed by atoms with Crippen molar-refractivity contribution in [2.75, 3.05) is 0 Å². The maximum absolute atomic E-state index is 10.5. The number of para-hydroxylation sites is 1. The standard InChI is InChI=1S/C7H5N3O2.2ClH/c11-10(12)6-3-1-2-5-7(6)9-4-8-5;;/h1-4H,(H,8,9);2*1H. The molecule has 0 saturated carbocycles. The summed E-state index contributed by atoms with van der Waals surface area (Å²) < 4.78 is 0. The normalized spacial score (nSPS) is 8.86. The van der Waals surface area contributed by atoms with Crippen molar-refractivity contribution in [2.45, 2.75) is 0 Å². The molecule has 0 unspecified atom stereocenters. The SMILES string of the molecule is Cl.Cl.O=[N+]([O-])c1cccc2[nH]cnc12. The van der Waals surface area contributed by atoms with Crippen LogP contribution in [0.25, 0.3) is 11.0 Å². The van der Waals surface area contributed by atoms with Gasteiger partial charge in [-0.1, -0.05) is 6.07 Å². The molecule has 1 N–H and O–H groups in total. The van der Waals surface area contributed by atoms with Gasteiger partial charge in [0.2, 0.25) is 0 Å². The van der Waals surface area contributed by atoms with Gasteiger partial charge in [-0.3, -0.25) is 10.1 Å². The Morgan fingerprint density at radius 3 is 2.71 bits per heavy atom. The summed E-state index contributed by atoms with van der Waals surface area (Å²) in [5, 5.41) is 10.5. The van der Waals surface area contributed by atoms with Crippen molar-refractivity contribution in [1.29, 1.82) is 0 Å². The number of rotatable bonds is 1. The van der Waals surface area contributed by atoms with Crippen LogP contribution in [0.5, 0.6) is 0 Å². The van der Waals surface area contributed by atoms with E-state index in [0.717, 1.165) is 0 Å². The number of nitrogens with zero attached hydrogens (tertiary/aromatic N) is 2. The smallest absolute Gasteiger partial charge is 0.297 e. The molecule has 7 heteroatoms. The molecule has 0 aliphatic heterocycles. The second-order valence-electron chi connectivity index (χ2n) is 2.33. The monoisotopic (exact) mass is 235 g/mol. The van der Waals surface area contributed by atoms with Crippen LogP contribution in [0.3, 0.4) is 0 Å².